The molecule has 0 radical (unpaired) electrons. The van der Waals surface area contributed by atoms with Crippen LogP contribution < -0.4 is 5.32 Å². The molecule has 0 saturated carbocycles. The van der Waals surface area contributed by atoms with Crippen molar-refractivity contribution in [2.24, 2.45) is 0 Å². The molecule has 0 amide bonds. The van der Waals surface area contributed by atoms with Gasteiger partial charge in [0, 0.05) is 11.8 Å². The molecule has 16 heavy (non-hydrogen) atoms. The number of rotatable bonds is 3. The molecule has 2 aromatic rings. The molecular formula is C11H10BrFN2O. The second-order valence-electron chi connectivity index (χ2n) is 3.26. The molecule has 0 bridgehead atoms. The van der Waals surface area contributed by atoms with Gasteiger partial charge in [-0.05, 0) is 41.2 Å². The fourth-order valence-electron chi connectivity index (χ4n) is 1.55. The average Bonchev–Trinajstić information content (AvgIpc) is 2.69. The largest absolute Gasteiger partial charge is 0.452 e. The van der Waals surface area contributed by atoms with Gasteiger partial charge in [0.15, 0.2) is 4.67 Å². The molecule has 0 aromatic carbocycles. The molecule has 0 aliphatic heterocycles. The first kappa shape index (κ1) is 11.3. The van der Waals surface area contributed by atoms with Crippen molar-refractivity contribution in [3.05, 3.63) is 52.4 Å². The summed E-state index contributed by atoms with van der Waals surface area (Å²) in [5.74, 6) is 0.300. The number of pyridine rings is 1. The van der Waals surface area contributed by atoms with E-state index in [-0.39, 0.29) is 11.9 Å². The Balaban J connectivity index is 2.40. The summed E-state index contributed by atoms with van der Waals surface area (Å²) in [5.41, 5.74) is 0.513. The molecule has 5 heteroatoms. The second-order valence-corrected chi connectivity index (χ2v) is 4.04. The molecule has 84 valence electrons. The predicted molar refractivity (Wildman–Crippen MR) is 61.5 cm³/mol. The van der Waals surface area contributed by atoms with Gasteiger partial charge in [0.05, 0.1) is 12.2 Å². The van der Waals surface area contributed by atoms with Crippen molar-refractivity contribution in [3.63, 3.8) is 0 Å². The lowest BCUT2D eigenvalue weighted by Gasteiger charge is -2.14. The molecule has 0 spiro atoms. The first-order valence-electron chi connectivity index (χ1n) is 4.74. The first-order chi connectivity index (χ1) is 7.72. The topological polar surface area (TPSA) is 38.1 Å². The molecule has 1 N–H and O–H groups in total. The van der Waals surface area contributed by atoms with Gasteiger partial charge >= 0.3 is 0 Å². The smallest absolute Gasteiger partial charge is 0.169 e. The Morgan fingerprint density at radius 3 is 2.81 bits per heavy atom. The Morgan fingerprint density at radius 2 is 2.25 bits per heavy atom. The van der Waals surface area contributed by atoms with E-state index >= 15 is 0 Å². The molecule has 0 fully saturated rings. The lowest BCUT2D eigenvalue weighted by molar-refractivity contribution is 0.438. The lowest BCUT2D eigenvalue weighted by Crippen LogP contribution is -2.18. The van der Waals surface area contributed by atoms with Gasteiger partial charge in [-0.15, -0.1) is 0 Å². The van der Waals surface area contributed by atoms with Gasteiger partial charge in [-0.1, -0.05) is 0 Å². The van der Waals surface area contributed by atoms with E-state index in [1.54, 1.807) is 31.4 Å². The van der Waals surface area contributed by atoms with Gasteiger partial charge in [0.2, 0.25) is 0 Å². The van der Waals surface area contributed by atoms with Crippen LogP contribution in [0.25, 0.3) is 0 Å². The van der Waals surface area contributed by atoms with Crippen molar-refractivity contribution in [3.8, 4) is 0 Å². The van der Waals surface area contributed by atoms with Crippen LogP contribution in [0.1, 0.15) is 17.4 Å². The fraction of sp³-hybridized carbons (Fsp3) is 0.182. The van der Waals surface area contributed by atoms with Crippen LogP contribution in [0, 0.1) is 5.82 Å². The van der Waals surface area contributed by atoms with E-state index in [0.717, 1.165) is 0 Å². The van der Waals surface area contributed by atoms with E-state index in [1.165, 1.54) is 6.20 Å². The van der Waals surface area contributed by atoms with Crippen LogP contribution in [0.5, 0.6) is 0 Å². The van der Waals surface area contributed by atoms with Gasteiger partial charge in [-0.2, -0.15) is 0 Å². The number of hydrogen-bond acceptors (Lipinski definition) is 3. The van der Waals surface area contributed by atoms with Crippen molar-refractivity contribution in [2.75, 3.05) is 7.05 Å². The number of nitrogens with one attached hydrogen (secondary N) is 1. The zero-order valence-electron chi connectivity index (χ0n) is 8.58. The van der Waals surface area contributed by atoms with E-state index in [4.69, 9.17) is 4.42 Å². The third kappa shape index (κ3) is 2.15. The monoisotopic (exact) mass is 284 g/mol. The fourth-order valence-corrected chi connectivity index (χ4v) is 1.87. The number of furan rings is 1. The molecule has 0 aliphatic rings. The Labute approximate surface area is 101 Å². The van der Waals surface area contributed by atoms with E-state index < -0.39 is 0 Å². The normalized spacial score (nSPS) is 12.7. The molecule has 0 saturated heterocycles. The summed E-state index contributed by atoms with van der Waals surface area (Å²) >= 11 is 3.22. The van der Waals surface area contributed by atoms with Crippen LogP contribution in [-0.4, -0.2) is 12.0 Å². The zero-order chi connectivity index (χ0) is 11.5. The Morgan fingerprint density at radius 1 is 1.44 bits per heavy atom. The van der Waals surface area contributed by atoms with Crippen LogP contribution in [0.3, 0.4) is 0 Å². The minimum Gasteiger partial charge on any atom is -0.452 e. The zero-order valence-corrected chi connectivity index (χ0v) is 10.2. The molecule has 2 rings (SSSR count). The van der Waals surface area contributed by atoms with Crippen LogP contribution in [0.4, 0.5) is 4.39 Å². The molecule has 2 heterocycles. The summed E-state index contributed by atoms with van der Waals surface area (Å²) in [5, 5.41) is 3.01. The van der Waals surface area contributed by atoms with Crippen molar-refractivity contribution in [1.29, 1.82) is 0 Å². The highest BCUT2D eigenvalue weighted by Crippen LogP contribution is 2.26. The SMILES string of the molecule is CNC(c1ccc(Br)o1)c1ccncc1F. The van der Waals surface area contributed by atoms with Gasteiger partial charge < -0.3 is 9.73 Å². The molecular weight excluding hydrogens is 275 g/mol. The predicted octanol–water partition coefficient (Wildman–Crippen LogP) is 2.89. The minimum atomic E-state index is -0.352. The maximum atomic E-state index is 13.6. The van der Waals surface area contributed by atoms with Crippen molar-refractivity contribution >= 4 is 15.9 Å². The number of aromatic nitrogens is 1. The standard InChI is InChI=1S/C11H10BrFN2O/c1-14-11(9-2-3-10(12)16-9)7-4-5-15-6-8(7)13/h2-6,11,14H,1H3. The molecule has 3 nitrogen and oxygen atoms in total. The maximum absolute atomic E-state index is 13.6. The number of nitrogens with zero attached hydrogens (tertiary/aromatic N) is 1. The maximum Gasteiger partial charge on any atom is 0.169 e. The third-order valence-corrected chi connectivity index (χ3v) is 2.71. The van der Waals surface area contributed by atoms with Crippen molar-refractivity contribution < 1.29 is 8.81 Å². The summed E-state index contributed by atoms with van der Waals surface area (Å²) < 4.78 is 19.6. The first-order valence-corrected chi connectivity index (χ1v) is 5.53. The minimum absolute atomic E-state index is 0.311. The molecule has 0 aliphatic carbocycles. The summed E-state index contributed by atoms with van der Waals surface area (Å²) in [4.78, 5) is 3.72. The number of halogens is 2. The van der Waals surface area contributed by atoms with Crippen LogP contribution in [0.15, 0.2) is 39.7 Å². The summed E-state index contributed by atoms with van der Waals surface area (Å²) in [6.07, 6.45) is 2.75. The Bertz CT molecular complexity index is 486. The van der Waals surface area contributed by atoms with E-state index in [0.29, 0.717) is 16.0 Å². The summed E-state index contributed by atoms with van der Waals surface area (Å²) in [6, 6.07) is 4.89. The van der Waals surface area contributed by atoms with Gasteiger partial charge in [0.1, 0.15) is 11.6 Å². The van der Waals surface area contributed by atoms with Crippen LogP contribution in [0.2, 0.25) is 0 Å². The highest BCUT2D eigenvalue weighted by Gasteiger charge is 2.19. The lowest BCUT2D eigenvalue weighted by atomic mass is 10.1. The average molecular weight is 285 g/mol. The van der Waals surface area contributed by atoms with Gasteiger partial charge in [-0.3, -0.25) is 4.98 Å². The third-order valence-electron chi connectivity index (χ3n) is 2.28. The van der Waals surface area contributed by atoms with Crippen LogP contribution in [-0.2, 0) is 0 Å². The Hall–Kier alpha value is -1.20. The second kappa shape index (κ2) is 4.76. The van der Waals surface area contributed by atoms with Gasteiger partial charge in [-0.25, -0.2) is 4.39 Å². The summed E-state index contributed by atoms with van der Waals surface area (Å²) in [6.45, 7) is 0. The van der Waals surface area contributed by atoms with Crippen molar-refractivity contribution in [1.82, 2.24) is 10.3 Å². The van der Waals surface area contributed by atoms with E-state index in [2.05, 4.69) is 26.2 Å². The Kier molecular flexibility index (Phi) is 3.36. The highest BCUT2D eigenvalue weighted by molar-refractivity contribution is 9.10. The summed E-state index contributed by atoms with van der Waals surface area (Å²) in [7, 11) is 1.75. The molecule has 1 unspecified atom stereocenters. The quantitative estimate of drug-likeness (QED) is 0.942. The highest BCUT2D eigenvalue weighted by atomic mass is 79.9. The number of hydrogen-bond donors (Lipinski definition) is 1. The van der Waals surface area contributed by atoms with E-state index in [9.17, 15) is 4.39 Å². The van der Waals surface area contributed by atoms with Crippen LogP contribution >= 0.6 is 15.9 Å². The van der Waals surface area contributed by atoms with Gasteiger partial charge in [0.25, 0.3) is 0 Å². The molecule has 2 aromatic heterocycles. The molecule has 1 atom stereocenters. The van der Waals surface area contributed by atoms with E-state index in [1.807, 2.05) is 0 Å². The van der Waals surface area contributed by atoms with Crippen molar-refractivity contribution in [2.45, 2.75) is 6.04 Å².